The lowest BCUT2D eigenvalue weighted by atomic mass is 9.95. The van der Waals surface area contributed by atoms with Crippen LogP contribution >= 0.6 is 11.6 Å². The molecule has 2 N–H and O–H groups in total. The number of hydrogen-bond acceptors (Lipinski definition) is 4. The summed E-state index contributed by atoms with van der Waals surface area (Å²) >= 11 is 5.94. The molecular weight excluding hydrogens is 340 g/mol. The first-order valence-corrected chi connectivity index (χ1v) is 9.20. The number of primary amides is 1. The zero-order valence-electron chi connectivity index (χ0n) is 14.4. The largest absolute Gasteiger partial charge is 0.369 e. The van der Waals surface area contributed by atoms with Gasteiger partial charge in [-0.15, -0.1) is 0 Å². The van der Waals surface area contributed by atoms with Gasteiger partial charge in [-0.3, -0.25) is 14.5 Å². The summed E-state index contributed by atoms with van der Waals surface area (Å²) < 4.78 is 0. The van der Waals surface area contributed by atoms with Gasteiger partial charge in [0.15, 0.2) is 0 Å². The highest BCUT2D eigenvalue weighted by Gasteiger charge is 2.30. The second-order valence-electron chi connectivity index (χ2n) is 6.81. The van der Waals surface area contributed by atoms with E-state index in [0.717, 1.165) is 62.8 Å². The molecule has 6 nitrogen and oxygen atoms in total. The first-order chi connectivity index (χ1) is 12.0. The van der Waals surface area contributed by atoms with Gasteiger partial charge in [0.1, 0.15) is 0 Å². The average Bonchev–Trinajstić information content (AvgIpc) is 2.62. The van der Waals surface area contributed by atoms with Gasteiger partial charge in [0, 0.05) is 42.8 Å². The quantitative estimate of drug-likeness (QED) is 0.871. The number of carbonyl (C=O) groups is 2. The first-order valence-electron chi connectivity index (χ1n) is 8.83. The minimum atomic E-state index is -0.303. The monoisotopic (exact) mass is 364 g/mol. The molecule has 7 heteroatoms. The van der Waals surface area contributed by atoms with Crippen LogP contribution in [0.5, 0.6) is 0 Å². The van der Waals surface area contributed by atoms with Crippen molar-refractivity contribution in [2.75, 3.05) is 50.7 Å². The van der Waals surface area contributed by atoms with Crippen LogP contribution in [0.1, 0.15) is 12.8 Å². The molecule has 2 fully saturated rings. The standard InChI is InChI=1S/C18H25ClN4O2/c19-15-1-3-16(4-2-15)22-9-11-23(12-10-22)18(25)14-5-7-21(8-6-14)13-17(20)24/h1-4,14H,5-13H2,(H2,20,24). The van der Waals surface area contributed by atoms with Crippen LogP contribution in [-0.4, -0.2) is 67.4 Å². The number of likely N-dealkylation sites (tertiary alicyclic amines) is 1. The van der Waals surface area contributed by atoms with E-state index in [1.54, 1.807) is 0 Å². The van der Waals surface area contributed by atoms with Crippen molar-refractivity contribution in [3.63, 3.8) is 0 Å². The third kappa shape index (κ3) is 4.64. The molecular formula is C18H25ClN4O2. The highest BCUT2D eigenvalue weighted by atomic mass is 35.5. The fourth-order valence-corrected chi connectivity index (χ4v) is 3.78. The normalized spacial score (nSPS) is 19.9. The van der Waals surface area contributed by atoms with Crippen molar-refractivity contribution >= 4 is 29.1 Å². The van der Waals surface area contributed by atoms with Gasteiger partial charge in [0.25, 0.3) is 0 Å². The maximum atomic E-state index is 12.7. The van der Waals surface area contributed by atoms with Gasteiger partial charge in [-0.1, -0.05) is 11.6 Å². The predicted molar refractivity (Wildman–Crippen MR) is 98.6 cm³/mol. The molecule has 0 spiro atoms. The molecule has 0 bridgehead atoms. The summed E-state index contributed by atoms with van der Waals surface area (Å²) in [6.45, 7) is 5.02. The Morgan fingerprint density at radius 3 is 2.16 bits per heavy atom. The highest BCUT2D eigenvalue weighted by Crippen LogP contribution is 2.23. The molecule has 1 aromatic carbocycles. The van der Waals surface area contributed by atoms with Crippen molar-refractivity contribution in [1.29, 1.82) is 0 Å². The molecule has 2 heterocycles. The molecule has 0 radical (unpaired) electrons. The fourth-order valence-electron chi connectivity index (χ4n) is 3.65. The number of carbonyl (C=O) groups excluding carboxylic acids is 2. The Labute approximate surface area is 153 Å². The van der Waals surface area contributed by atoms with Crippen molar-refractivity contribution in [2.45, 2.75) is 12.8 Å². The zero-order valence-corrected chi connectivity index (χ0v) is 15.1. The molecule has 2 saturated heterocycles. The second-order valence-corrected chi connectivity index (χ2v) is 7.24. The number of hydrogen-bond donors (Lipinski definition) is 1. The molecule has 2 aliphatic rings. The van der Waals surface area contributed by atoms with Gasteiger partial charge >= 0.3 is 0 Å². The summed E-state index contributed by atoms with van der Waals surface area (Å²) in [7, 11) is 0. The number of halogens is 1. The summed E-state index contributed by atoms with van der Waals surface area (Å²) in [6, 6.07) is 7.84. The number of piperazine rings is 1. The van der Waals surface area contributed by atoms with Crippen LogP contribution in [0, 0.1) is 5.92 Å². The summed E-state index contributed by atoms with van der Waals surface area (Å²) in [5, 5.41) is 0.736. The molecule has 136 valence electrons. The van der Waals surface area contributed by atoms with Crippen molar-refractivity contribution in [2.24, 2.45) is 11.7 Å². The Bertz CT molecular complexity index is 606. The van der Waals surface area contributed by atoms with E-state index in [2.05, 4.69) is 4.90 Å². The SMILES string of the molecule is NC(=O)CN1CCC(C(=O)N2CCN(c3ccc(Cl)cc3)CC2)CC1. The van der Waals surface area contributed by atoms with E-state index in [1.807, 2.05) is 34.1 Å². The molecule has 3 rings (SSSR count). The van der Waals surface area contributed by atoms with E-state index in [1.165, 1.54) is 0 Å². The highest BCUT2D eigenvalue weighted by molar-refractivity contribution is 6.30. The van der Waals surface area contributed by atoms with Crippen LogP contribution in [-0.2, 0) is 9.59 Å². The van der Waals surface area contributed by atoms with Crippen LogP contribution in [0.2, 0.25) is 5.02 Å². The number of anilines is 1. The van der Waals surface area contributed by atoms with Gasteiger partial charge in [-0.25, -0.2) is 0 Å². The summed E-state index contributed by atoms with van der Waals surface area (Å²) in [6.07, 6.45) is 1.62. The Balaban J connectivity index is 1.47. The molecule has 2 amide bonds. The molecule has 0 aliphatic carbocycles. The second kappa shape index (κ2) is 8.06. The van der Waals surface area contributed by atoms with Crippen molar-refractivity contribution < 1.29 is 9.59 Å². The van der Waals surface area contributed by atoms with E-state index >= 15 is 0 Å². The van der Waals surface area contributed by atoms with Crippen LogP contribution in [0.15, 0.2) is 24.3 Å². The van der Waals surface area contributed by atoms with Crippen LogP contribution < -0.4 is 10.6 Å². The number of benzene rings is 1. The lowest BCUT2D eigenvalue weighted by Crippen LogP contribution is -2.52. The van der Waals surface area contributed by atoms with E-state index in [4.69, 9.17) is 17.3 Å². The maximum Gasteiger partial charge on any atom is 0.231 e. The molecule has 0 unspecified atom stereocenters. The predicted octanol–water partition coefficient (Wildman–Crippen LogP) is 1.19. The summed E-state index contributed by atoms with van der Waals surface area (Å²) in [5.74, 6) is 0.0313. The maximum absolute atomic E-state index is 12.7. The van der Waals surface area contributed by atoms with Gasteiger partial charge in [-0.2, -0.15) is 0 Å². The fraction of sp³-hybridized carbons (Fsp3) is 0.556. The Morgan fingerprint density at radius 1 is 1.00 bits per heavy atom. The first kappa shape index (κ1) is 18.0. The molecule has 2 aliphatic heterocycles. The van der Waals surface area contributed by atoms with Crippen LogP contribution in [0.3, 0.4) is 0 Å². The van der Waals surface area contributed by atoms with Crippen LogP contribution in [0.25, 0.3) is 0 Å². The van der Waals surface area contributed by atoms with E-state index < -0.39 is 0 Å². The van der Waals surface area contributed by atoms with Crippen molar-refractivity contribution in [1.82, 2.24) is 9.80 Å². The number of amides is 2. The van der Waals surface area contributed by atoms with Crippen molar-refractivity contribution in [3.8, 4) is 0 Å². The van der Waals surface area contributed by atoms with E-state index in [-0.39, 0.29) is 17.7 Å². The molecule has 0 saturated carbocycles. The Hall–Kier alpha value is -1.79. The summed E-state index contributed by atoms with van der Waals surface area (Å²) in [5.41, 5.74) is 6.39. The van der Waals surface area contributed by atoms with Gasteiger partial charge in [0.05, 0.1) is 6.54 Å². The topological polar surface area (TPSA) is 69.9 Å². The average molecular weight is 365 g/mol. The third-order valence-electron chi connectivity index (χ3n) is 5.10. The van der Waals surface area contributed by atoms with Gasteiger partial charge in [-0.05, 0) is 50.2 Å². The molecule has 0 atom stereocenters. The minimum absolute atomic E-state index is 0.0752. The number of rotatable bonds is 4. The Kier molecular flexibility index (Phi) is 5.81. The minimum Gasteiger partial charge on any atom is -0.369 e. The van der Waals surface area contributed by atoms with Crippen molar-refractivity contribution in [3.05, 3.63) is 29.3 Å². The smallest absolute Gasteiger partial charge is 0.231 e. The van der Waals surface area contributed by atoms with Crippen LogP contribution in [0.4, 0.5) is 5.69 Å². The van der Waals surface area contributed by atoms with Gasteiger partial charge < -0.3 is 15.5 Å². The van der Waals surface area contributed by atoms with E-state index in [0.29, 0.717) is 6.54 Å². The third-order valence-corrected chi connectivity index (χ3v) is 5.35. The van der Waals surface area contributed by atoms with E-state index in [9.17, 15) is 9.59 Å². The lowest BCUT2D eigenvalue weighted by Gasteiger charge is -2.39. The number of nitrogens with two attached hydrogens (primary N) is 1. The molecule has 0 aromatic heterocycles. The Morgan fingerprint density at radius 2 is 1.60 bits per heavy atom. The zero-order chi connectivity index (χ0) is 17.8. The molecule has 1 aromatic rings. The molecule has 25 heavy (non-hydrogen) atoms. The lowest BCUT2D eigenvalue weighted by molar-refractivity contribution is -0.137. The summed E-state index contributed by atoms with van der Waals surface area (Å²) in [4.78, 5) is 30.0. The number of nitrogens with zero attached hydrogens (tertiary/aromatic N) is 3. The van der Waals surface area contributed by atoms with Gasteiger partial charge in [0.2, 0.25) is 11.8 Å². The number of piperidine rings is 1.